The molecule has 1 rings (SSSR count). The number of nitro benzene ring substituents is 1. The minimum Gasteiger partial charge on any atom is -0.491 e. The van der Waals surface area contributed by atoms with E-state index in [-0.39, 0.29) is 12.3 Å². The fourth-order valence-corrected chi connectivity index (χ4v) is 2.49. The first kappa shape index (κ1) is 19.4. The van der Waals surface area contributed by atoms with E-state index in [2.05, 4.69) is 32.6 Å². The first-order valence-corrected chi connectivity index (χ1v) is 8.05. The van der Waals surface area contributed by atoms with Crippen LogP contribution >= 0.6 is 0 Å². The number of nitrogens with zero attached hydrogens (tertiary/aromatic N) is 2. The lowest BCUT2D eigenvalue weighted by atomic mass is 10.1. The van der Waals surface area contributed by atoms with E-state index in [1.165, 1.54) is 12.1 Å². The Morgan fingerprint density at radius 2 is 1.78 bits per heavy atom. The second kappa shape index (κ2) is 9.47. The van der Waals surface area contributed by atoms with Crippen LogP contribution in [-0.4, -0.2) is 47.3 Å². The summed E-state index contributed by atoms with van der Waals surface area (Å²) in [6, 6.07) is 6.01. The van der Waals surface area contributed by atoms with Gasteiger partial charge in [0.1, 0.15) is 18.5 Å². The summed E-state index contributed by atoms with van der Waals surface area (Å²) in [5, 5.41) is 20.9. The van der Waals surface area contributed by atoms with Crippen LogP contribution in [0.1, 0.15) is 27.7 Å². The lowest BCUT2D eigenvalue weighted by Crippen LogP contribution is -2.39. The summed E-state index contributed by atoms with van der Waals surface area (Å²) in [6.45, 7) is 11.1. The van der Waals surface area contributed by atoms with E-state index in [4.69, 9.17) is 4.74 Å². The smallest absolute Gasteiger partial charge is 0.273 e. The van der Waals surface area contributed by atoms with Crippen LogP contribution in [0.15, 0.2) is 24.3 Å². The van der Waals surface area contributed by atoms with Gasteiger partial charge in [-0.1, -0.05) is 33.8 Å². The molecule has 0 spiro atoms. The Morgan fingerprint density at radius 1 is 1.17 bits per heavy atom. The van der Waals surface area contributed by atoms with Crippen molar-refractivity contribution in [2.45, 2.75) is 33.8 Å². The number of ether oxygens (including phenoxy) is 1. The van der Waals surface area contributed by atoms with Crippen molar-refractivity contribution in [2.75, 3.05) is 26.2 Å². The molecular formula is C17H28N2O4. The van der Waals surface area contributed by atoms with Gasteiger partial charge in [-0.05, 0) is 17.9 Å². The molecule has 0 aliphatic rings. The van der Waals surface area contributed by atoms with Gasteiger partial charge >= 0.3 is 0 Å². The van der Waals surface area contributed by atoms with E-state index in [1.807, 2.05) is 0 Å². The average Bonchev–Trinajstić information content (AvgIpc) is 2.44. The van der Waals surface area contributed by atoms with Crippen LogP contribution in [0.2, 0.25) is 0 Å². The SMILES string of the molecule is CC(C)CN(CC(C)C)CC(O)COc1cccc([N+](=O)[O-])c1. The molecule has 23 heavy (non-hydrogen) atoms. The van der Waals surface area contributed by atoms with E-state index < -0.39 is 11.0 Å². The summed E-state index contributed by atoms with van der Waals surface area (Å²) in [7, 11) is 0. The molecule has 1 N–H and O–H groups in total. The van der Waals surface area contributed by atoms with Crippen molar-refractivity contribution in [3.05, 3.63) is 34.4 Å². The van der Waals surface area contributed by atoms with Crippen molar-refractivity contribution in [3.8, 4) is 5.75 Å². The molecule has 1 atom stereocenters. The monoisotopic (exact) mass is 324 g/mol. The lowest BCUT2D eigenvalue weighted by Gasteiger charge is -2.28. The molecule has 0 fully saturated rings. The van der Waals surface area contributed by atoms with Crippen molar-refractivity contribution >= 4 is 5.69 Å². The van der Waals surface area contributed by atoms with Crippen LogP contribution in [0, 0.1) is 22.0 Å². The van der Waals surface area contributed by atoms with E-state index in [0.29, 0.717) is 24.1 Å². The number of aliphatic hydroxyl groups excluding tert-OH is 1. The first-order valence-electron chi connectivity index (χ1n) is 8.05. The van der Waals surface area contributed by atoms with E-state index in [1.54, 1.807) is 12.1 Å². The second-order valence-electron chi connectivity index (χ2n) is 6.73. The minimum absolute atomic E-state index is 0.0155. The summed E-state index contributed by atoms with van der Waals surface area (Å²) in [5.41, 5.74) is -0.0155. The summed E-state index contributed by atoms with van der Waals surface area (Å²) in [5.74, 6) is 1.45. The summed E-state index contributed by atoms with van der Waals surface area (Å²) < 4.78 is 5.49. The summed E-state index contributed by atoms with van der Waals surface area (Å²) >= 11 is 0. The zero-order chi connectivity index (χ0) is 17.4. The predicted octanol–water partition coefficient (Wildman–Crippen LogP) is 2.95. The number of nitro groups is 1. The molecule has 130 valence electrons. The first-order chi connectivity index (χ1) is 10.8. The van der Waals surface area contributed by atoms with Crippen molar-refractivity contribution in [1.82, 2.24) is 4.90 Å². The van der Waals surface area contributed by atoms with Gasteiger partial charge in [-0.3, -0.25) is 10.1 Å². The van der Waals surface area contributed by atoms with Gasteiger partial charge in [0.2, 0.25) is 0 Å². The Hall–Kier alpha value is -1.66. The van der Waals surface area contributed by atoms with Gasteiger partial charge in [-0.25, -0.2) is 0 Å². The number of hydrogen-bond acceptors (Lipinski definition) is 5. The quantitative estimate of drug-likeness (QED) is 0.529. The Labute approximate surface area is 138 Å². The second-order valence-corrected chi connectivity index (χ2v) is 6.73. The molecule has 0 saturated carbocycles. The molecule has 6 heteroatoms. The van der Waals surface area contributed by atoms with Gasteiger partial charge in [0.15, 0.2) is 0 Å². The minimum atomic E-state index is -0.633. The van der Waals surface area contributed by atoms with Crippen LogP contribution in [0.4, 0.5) is 5.69 Å². The van der Waals surface area contributed by atoms with Crippen LogP contribution in [0.5, 0.6) is 5.75 Å². The number of benzene rings is 1. The highest BCUT2D eigenvalue weighted by atomic mass is 16.6. The Bertz CT molecular complexity index is 481. The molecule has 0 aliphatic heterocycles. The number of hydrogen-bond donors (Lipinski definition) is 1. The molecule has 6 nitrogen and oxygen atoms in total. The molecule has 0 heterocycles. The fourth-order valence-electron chi connectivity index (χ4n) is 2.49. The maximum atomic E-state index is 10.7. The Kier molecular flexibility index (Phi) is 7.98. The molecule has 0 saturated heterocycles. The zero-order valence-corrected chi connectivity index (χ0v) is 14.4. The molecule has 0 aromatic heterocycles. The Balaban J connectivity index is 2.52. The summed E-state index contributed by atoms with van der Waals surface area (Å²) in [4.78, 5) is 12.5. The highest BCUT2D eigenvalue weighted by Crippen LogP contribution is 2.19. The Morgan fingerprint density at radius 3 is 2.30 bits per heavy atom. The van der Waals surface area contributed by atoms with Crippen molar-refractivity contribution in [3.63, 3.8) is 0 Å². The third-order valence-electron chi connectivity index (χ3n) is 3.19. The maximum Gasteiger partial charge on any atom is 0.273 e. The summed E-state index contributed by atoms with van der Waals surface area (Å²) in [6.07, 6.45) is -0.633. The van der Waals surface area contributed by atoms with Crippen LogP contribution in [0.25, 0.3) is 0 Å². The van der Waals surface area contributed by atoms with Gasteiger partial charge < -0.3 is 14.7 Å². The molecule has 1 unspecified atom stereocenters. The third kappa shape index (κ3) is 7.95. The molecule has 1 aromatic carbocycles. The standard InChI is InChI=1S/C17H28N2O4/c1-13(2)9-18(10-14(3)4)11-16(20)12-23-17-7-5-6-15(8-17)19(21)22/h5-8,13-14,16,20H,9-12H2,1-4H3. The molecule has 0 radical (unpaired) electrons. The van der Waals surface area contributed by atoms with Gasteiger partial charge in [0.25, 0.3) is 5.69 Å². The lowest BCUT2D eigenvalue weighted by molar-refractivity contribution is -0.384. The van der Waals surface area contributed by atoms with Crippen LogP contribution < -0.4 is 4.74 Å². The number of rotatable bonds is 10. The zero-order valence-electron chi connectivity index (χ0n) is 14.4. The van der Waals surface area contributed by atoms with E-state index in [0.717, 1.165) is 13.1 Å². The van der Waals surface area contributed by atoms with Crippen molar-refractivity contribution in [1.29, 1.82) is 0 Å². The predicted molar refractivity (Wildman–Crippen MR) is 90.7 cm³/mol. The topological polar surface area (TPSA) is 75.8 Å². The highest BCUT2D eigenvalue weighted by Gasteiger charge is 2.15. The van der Waals surface area contributed by atoms with Crippen molar-refractivity contribution < 1.29 is 14.8 Å². The molecule has 1 aromatic rings. The molecular weight excluding hydrogens is 296 g/mol. The van der Waals surface area contributed by atoms with Gasteiger partial charge in [-0.2, -0.15) is 0 Å². The van der Waals surface area contributed by atoms with E-state index >= 15 is 0 Å². The molecule has 0 amide bonds. The maximum absolute atomic E-state index is 10.7. The average molecular weight is 324 g/mol. The van der Waals surface area contributed by atoms with E-state index in [9.17, 15) is 15.2 Å². The van der Waals surface area contributed by atoms with Crippen molar-refractivity contribution in [2.24, 2.45) is 11.8 Å². The molecule has 0 aliphatic carbocycles. The van der Waals surface area contributed by atoms with Gasteiger partial charge in [0.05, 0.1) is 11.0 Å². The van der Waals surface area contributed by atoms with Gasteiger partial charge in [0, 0.05) is 25.7 Å². The number of non-ortho nitro benzene ring substituents is 1. The largest absolute Gasteiger partial charge is 0.491 e. The van der Waals surface area contributed by atoms with Crippen LogP contribution in [0.3, 0.4) is 0 Å². The molecule has 0 bridgehead atoms. The normalized spacial score (nSPS) is 12.9. The third-order valence-corrected chi connectivity index (χ3v) is 3.19. The van der Waals surface area contributed by atoms with Crippen LogP contribution in [-0.2, 0) is 0 Å². The van der Waals surface area contributed by atoms with Gasteiger partial charge in [-0.15, -0.1) is 0 Å². The fraction of sp³-hybridized carbons (Fsp3) is 0.647. The highest BCUT2D eigenvalue weighted by molar-refractivity contribution is 5.37. The number of aliphatic hydroxyl groups is 1.